The van der Waals surface area contributed by atoms with Gasteiger partial charge in [0.1, 0.15) is 5.82 Å². The van der Waals surface area contributed by atoms with Crippen LogP contribution in [0.3, 0.4) is 0 Å². The molecule has 0 aliphatic heterocycles. The largest absolute Gasteiger partial charge is 0.481 e. The Labute approximate surface area is 117 Å². The van der Waals surface area contributed by atoms with Crippen molar-refractivity contribution in [2.45, 2.75) is 31.6 Å². The lowest BCUT2D eigenvalue weighted by molar-refractivity contribution is -0.137. The molecule has 0 saturated carbocycles. The number of aryl methyl sites for hydroxylation is 1. The van der Waals surface area contributed by atoms with E-state index < -0.39 is 21.8 Å². The van der Waals surface area contributed by atoms with Crippen molar-refractivity contribution in [2.24, 2.45) is 5.92 Å². The standard InChI is InChI=1S/C13H18FNO4S/c1-9(3-6-13(16)17)8-15-20(18,19)11-5-4-10(2)12(14)7-11/h4-5,7,9,15H,3,6,8H2,1-2H3,(H,16,17). The van der Waals surface area contributed by atoms with Gasteiger partial charge in [0.25, 0.3) is 0 Å². The van der Waals surface area contributed by atoms with E-state index in [1.807, 2.05) is 0 Å². The number of rotatable bonds is 7. The normalized spacial score (nSPS) is 13.2. The first-order chi connectivity index (χ1) is 9.22. The molecular weight excluding hydrogens is 285 g/mol. The molecule has 112 valence electrons. The van der Waals surface area contributed by atoms with Gasteiger partial charge >= 0.3 is 5.97 Å². The first-order valence-corrected chi connectivity index (χ1v) is 7.68. The number of carbonyl (C=O) groups is 1. The number of halogens is 1. The molecule has 2 N–H and O–H groups in total. The van der Waals surface area contributed by atoms with Gasteiger partial charge in [-0.1, -0.05) is 13.0 Å². The Kier molecular flexibility index (Phi) is 5.64. The average Bonchev–Trinajstić information content (AvgIpc) is 2.37. The summed E-state index contributed by atoms with van der Waals surface area (Å²) in [6, 6.07) is 3.71. The summed E-state index contributed by atoms with van der Waals surface area (Å²) in [5.41, 5.74) is 0.374. The van der Waals surface area contributed by atoms with Crippen LogP contribution in [0, 0.1) is 18.7 Å². The Morgan fingerprint density at radius 1 is 1.45 bits per heavy atom. The summed E-state index contributed by atoms with van der Waals surface area (Å²) in [7, 11) is -3.77. The molecule has 0 amide bonds. The monoisotopic (exact) mass is 303 g/mol. The Bertz CT molecular complexity index is 586. The zero-order valence-electron chi connectivity index (χ0n) is 11.4. The maximum atomic E-state index is 13.4. The molecule has 0 saturated heterocycles. The van der Waals surface area contributed by atoms with Crippen molar-refractivity contribution in [2.75, 3.05) is 6.54 Å². The second kappa shape index (κ2) is 6.81. The molecule has 7 heteroatoms. The summed E-state index contributed by atoms with van der Waals surface area (Å²) in [4.78, 5) is 10.3. The molecular formula is C13H18FNO4S. The van der Waals surface area contributed by atoms with Crippen LogP contribution in [0.25, 0.3) is 0 Å². The van der Waals surface area contributed by atoms with Gasteiger partial charge in [-0.15, -0.1) is 0 Å². The molecule has 1 atom stereocenters. The Morgan fingerprint density at radius 2 is 2.10 bits per heavy atom. The average molecular weight is 303 g/mol. The van der Waals surface area contributed by atoms with E-state index in [0.717, 1.165) is 6.07 Å². The predicted molar refractivity (Wildman–Crippen MR) is 72.4 cm³/mol. The molecule has 0 aliphatic rings. The fourth-order valence-electron chi connectivity index (χ4n) is 1.55. The maximum absolute atomic E-state index is 13.4. The van der Waals surface area contributed by atoms with Crippen LogP contribution in [0.1, 0.15) is 25.3 Å². The molecule has 1 rings (SSSR count). The molecule has 0 aliphatic carbocycles. The molecule has 1 unspecified atom stereocenters. The van der Waals surface area contributed by atoms with Gasteiger partial charge in [0.2, 0.25) is 10.0 Å². The van der Waals surface area contributed by atoms with Crippen LogP contribution in [0.15, 0.2) is 23.1 Å². The maximum Gasteiger partial charge on any atom is 0.303 e. The third-order valence-electron chi connectivity index (χ3n) is 2.93. The summed E-state index contributed by atoms with van der Waals surface area (Å²) >= 11 is 0. The van der Waals surface area contributed by atoms with Crippen molar-refractivity contribution in [1.82, 2.24) is 4.72 Å². The molecule has 5 nitrogen and oxygen atoms in total. The van der Waals surface area contributed by atoms with E-state index >= 15 is 0 Å². The van der Waals surface area contributed by atoms with Crippen LogP contribution >= 0.6 is 0 Å². The van der Waals surface area contributed by atoms with Gasteiger partial charge in [-0.3, -0.25) is 4.79 Å². The minimum absolute atomic E-state index is 0.0119. The summed E-state index contributed by atoms with van der Waals surface area (Å²) in [6.45, 7) is 3.42. The molecule has 1 aromatic carbocycles. The number of hydrogen-bond donors (Lipinski definition) is 2. The Hall–Kier alpha value is -1.47. The Balaban J connectivity index is 2.65. The van der Waals surface area contributed by atoms with E-state index in [1.54, 1.807) is 13.8 Å². The van der Waals surface area contributed by atoms with Gasteiger partial charge in [-0.05, 0) is 37.0 Å². The first kappa shape index (κ1) is 16.6. The molecule has 0 radical (unpaired) electrons. The van der Waals surface area contributed by atoms with Crippen LogP contribution in [0.2, 0.25) is 0 Å². The molecule has 0 heterocycles. The molecule has 20 heavy (non-hydrogen) atoms. The number of carboxylic acids is 1. The van der Waals surface area contributed by atoms with E-state index in [-0.39, 0.29) is 23.8 Å². The number of hydrogen-bond acceptors (Lipinski definition) is 3. The predicted octanol–water partition coefficient (Wildman–Crippen LogP) is 1.91. The fourth-order valence-corrected chi connectivity index (χ4v) is 2.72. The van der Waals surface area contributed by atoms with Crippen LogP contribution in [0.5, 0.6) is 0 Å². The van der Waals surface area contributed by atoms with Crippen molar-refractivity contribution in [1.29, 1.82) is 0 Å². The number of carboxylic acid groups (broad SMARTS) is 1. The minimum Gasteiger partial charge on any atom is -0.481 e. The van der Waals surface area contributed by atoms with Crippen molar-refractivity contribution in [3.8, 4) is 0 Å². The zero-order valence-corrected chi connectivity index (χ0v) is 12.2. The SMILES string of the molecule is Cc1ccc(S(=O)(=O)NCC(C)CCC(=O)O)cc1F. The number of benzene rings is 1. The summed E-state index contributed by atoms with van der Waals surface area (Å²) in [6.07, 6.45) is 0.363. The third-order valence-corrected chi connectivity index (χ3v) is 4.35. The van der Waals surface area contributed by atoms with Crippen LogP contribution in [0.4, 0.5) is 4.39 Å². The summed E-state index contributed by atoms with van der Waals surface area (Å²) in [5, 5.41) is 8.54. The molecule has 0 bridgehead atoms. The summed E-state index contributed by atoms with van der Waals surface area (Å²) < 4.78 is 39.6. The van der Waals surface area contributed by atoms with Gasteiger partial charge in [-0.2, -0.15) is 0 Å². The van der Waals surface area contributed by atoms with E-state index in [2.05, 4.69) is 4.72 Å². The molecule has 1 aromatic rings. The van der Waals surface area contributed by atoms with Crippen LogP contribution < -0.4 is 4.72 Å². The lowest BCUT2D eigenvalue weighted by Crippen LogP contribution is -2.28. The minimum atomic E-state index is -3.77. The van der Waals surface area contributed by atoms with Crippen molar-refractivity contribution in [3.05, 3.63) is 29.6 Å². The first-order valence-electron chi connectivity index (χ1n) is 6.20. The lowest BCUT2D eigenvalue weighted by atomic mass is 10.1. The summed E-state index contributed by atoms with van der Waals surface area (Å²) in [5.74, 6) is -1.61. The topological polar surface area (TPSA) is 83.5 Å². The van der Waals surface area contributed by atoms with E-state index in [0.29, 0.717) is 12.0 Å². The molecule has 0 aromatic heterocycles. The van der Waals surface area contributed by atoms with Gasteiger partial charge < -0.3 is 5.11 Å². The van der Waals surface area contributed by atoms with Gasteiger partial charge in [-0.25, -0.2) is 17.5 Å². The Morgan fingerprint density at radius 3 is 2.65 bits per heavy atom. The van der Waals surface area contributed by atoms with E-state index in [9.17, 15) is 17.6 Å². The van der Waals surface area contributed by atoms with E-state index in [4.69, 9.17) is 5.11 Å². The highest BCUT2D eigenvalue weighted by atomic mass is 32.2. The quantitative estimate of drug-likeness (QED) is 0.806. The highest BCUT2D eigenvalue weighted by Crippen LogP contribution is 2.14. The van der Waals surface area contributed by atoms with Gasteiger partial charge in [0.15, 0.2) is 0 Å². The second-order valence-corrected chi connectivity index (χ2v) is 6.57. The van der Waals surface area contributed by atoms with Crippen molar-refractivity contribution in [3.63, 3.8) is 0 Å². The van der Waals surface area contributed by atoms with Crippen LogP contribution in [-0.2, 0) is 14.8 Å². The highest BCUT2D eigenvalue weighted by Gasteiger charge is 2.16. The van der Waals surface area contributed by atoms with E-state index in [1.165, 1.54) is 12.1 Å². The number of aliphatic carboxylic acids is 1. The second-order valence-electron chi connectivity index (χ2n) is 4.80. The van der Waals surface area contributed by atoms with Crippen molar-refractivity contribution >= 4 is 16.0 Å². The molecule has 0 fully saturated rings. The smallest absolute Gasteiger partial charge is 0.303 e. The molecule has 0 spiro atoms. The van der Waals surface area contributed by atoms with Gasteiger partial charge in [0, 0.05) is 13.0 Å². The number of nitrogens with one attached hydrogen (secondary N) is 1. The fraction of sp³-hybridized carbons (Fsp3) is 0.462. The number of sulfonamides is 1. The lowest BCUT2D eigenvalue weighted by Gasteiger charge is -2.12. The van der Waals surface area contributed by atoms with Crippen LogP contribution in [-0.4, -0.2) is 26.0 Å². The van der Waals surface area contributed by atoms with Gasteiger partial charge in [0.05, 0.1) is 4.90 Å². The highest BCUT2D eigenvalue weighted by molar-refractivity contribution is 7.89. The zero-order chi connectivity index (χ0) is 15.3. The third kappa shape index (κ3) is 4.90. The van der Waals surface area contributed by atoms with Crippen molar-refractivity contribution < 1.29 is 22.7 Å².